The van der Waals surface area contributed by atoms with Gasteiger partial charge in [0.1, 0.15) is 6.29 Å². The molecule has 0 radical (unpaired) electrons. The Kier molecular flexibility index (Phi) is 6.63. The Morgan fingerprint density at radius 3 is 2.28 bits per heavy atom. The van der Waals surface area contributed by atoms with E-state index in [0.717, 1.165) is 28.7 Å². The first kappa shape index (κ1) is 19.5. The Morgan fingerprint density at radius 2 is 1.72 bits per heavy atom. The summed E-state index contributed by atoms with van der Waals surface area (Å²) in [5.74, 6) is -0.281. The fourth-order valence-electron chi connectivity index (χ4n) is 2.86. The number of aldehydes is 1. The van der Waals surface area contributed by atoms with E-state index in [0.29, 0.717) is 10.0 Å². The van der Waals surface area contributed by atoms with Crippen LogP contribution in [0.5, 0.6) is 0 Å². The maximum Gasteiger partial charge on any atom is 0.227 e. The predicted octanol–water partition coefficient (Wildman–Crippen LogP) is 5.34. The molecule has 0 saturated heterocycles. The van der Waals surface area contributed by atoms with E-state index in [1.165, 1.54) is 0 Å². The van der Waals surface area contributed by atoms with Crippen molar-refractivity contribution >= 4 is 41.1 Å². The second kappa shape index (κ2) is 8.50. The van der Waals surface area contributed by atoms with Crippen LogP contribution in [0.15, 0.2) is 36.4 Å². The molecule has 0 fully saturated rings. The van der Waals surface area contributed by atoms with Crippen LogP contribution in [0.3, 0.4) is 0 Å². The molecule has 1 unspecified atom stereocenters. The lowest BCUT2D eigenvalue weighted by Crippen LogP contribution is -2.28. The number of rotatable bonds is 6. The van der Waals surface area contributed by atoms with Gasteiger partial charge in [-0.25, -0.2) is 0 Å². The number of hydrogen-bond acceptors (Lipinski definition) is 2. The highest BCUT2D eigenvalue weighted by Crippen LogP contribution is 2.30. The molecular formula is C20H21Cl2NO2. The number of nitrogens with zero attached hydrogens (tertiary/aromatic N) is 1. The number of benzene rings is 2. The third-order valence-corrected chi connectivity index (χ3v) is 4.92. The van der Waals surface area contributed by atoms with E-state index in [2.05, 4.69) is 6.07 Å². The van der Waals surface area contributed by atoms with Gasteiger partial charge in [0, 0.05) is 25.6 Å². The molecule has 2 aromatic carbocycles. The van der Waals surface area contributed by atoms with Gasteiger partial charge >= 0.3 is 0 Å². The highest BCUT2D eigenvalue weighted by Gasteiger charge is 2.20. The minimum Gasteiger partial charge on any atom is -0.315 e. The highest BCUT2D eigenvalue weighted by atomic mass is 35.5. The summed E-state index contributed by atoms with van der Waals surface area (Å²) < 4.78 is 0. The average Bonchev–Trinajstić information content (AvgIpc) is 2.55. The fourth-order valence-corrected chi connectivity index (χ4v) is 3.16. The van der Waals surface area contributed by atoms with Crippen LogP contribution in [-0.4, -0.2) is 19.2 Å². The Labute approximate surface area is 158 Å². The molecular weight excluding hydrogens is 357 g/mol. The molecule has 3 nitrogen and oxygen atoms in total. The highest BCUT2D eigenvalue weighted by molar-refractivity contribution is 6.42. The first-order valence-electron chi connectivity index (χ1n) is 8.05. The molecule has 132 valence electrons. The fraction of sp³-hybridized carbons (Fsp3) is 0.300. The third-order valence-electron chi connectivity index (χ3n) is 4.18. The van der Waals surface area contributed by atoms with Crippen LogP contribution in [0, 0.1) is 13.8 Å². The van der Waals surface area contributed by atoms with Crippen molar-refractivity contribution in [1.82, 2.24) is 0 Å². The van der Waals surface area contributed by atoms with E-state index in [1.807, 2.05) is 32.0 Å². The molecule has 0 aliphatic rings. The molecule has 25 heavy (non-hydrogen) atoms. The number of hydrogen-bond donors (Lipinski definition) is 0. The minimum absolute atomic E-state index is 0.0528. The standard InChI is InChI=1S/C20H21Cl2NO2/c1-13-8-14(2)10-17(9-13)23(3)20(25)12-16(6-7-24)15-4-5-18(21)19(22)11-15/h4-5,7-11,16H,6,12H2,1-3H3. The lowest BCUT2D eigenvalue weighted by atomic mass is 9.92. The van der Waals surface area contributed by atoms with Crippen molar-refractivity contribution in [3.63, 3.8) is 0 Å². The Bertz CT molecular complexity index is 769. The number of halogens is 2. The topological polar surface area (TPSA) is 37.4 Å². The van der Waals surface area contributed by atoms with E-state index in [1.54, 1.807) is 24.1 Å². The van der Waals surface area contributed by atoms with Gasteiger partial charge in [0.2, 0.25) is 5.91 Å². The number of carbonyl (C=O) groups excluding carboxylic acids is 2. The number of amides is 1. The number of anilines is 1. The van der Waals surface area contributed by atoms with Crippen molar-refractivity contribution in [2.45, 2.75) is 32.6 Å². The molecule has 2 rings (SSSR count). The molecule has 1 amide bonds. The van der Waals surface area contributed by atoms with Crippen molar-refractivity contribution < 1.29 is 9.59 Å². The normalized spacial score (nSPS) is 11.9. The quantitative estimate of drug-likeness (QED) is 0.637. The van der Waals surface area contributed by atoms with Crippen molar-refractivity contribution in [2.24, 2.45) is 0 Å². The summed E-state index contributed by atoms with van der Waals surface area (Å²) in [6, 6.07) is 11.2. The molecule has 0 aromatic heterocycles. The van der Waals surface area contributed by atoms with Crippen LogP contribution >= 0.6 is 23.2 Å². The average molecular weight is 378 g/mol. The number of carbonyl (C=O) groups is 2. The third kappa shape index (κ3) is 5.07. The molecule has 0 heterocycles. The smallest absolute Gasteiger partial charge is 0.227 e. The van der Waals surface area contributed by atoms with E-state index >= 15 is 0 Å². The molecule has 0 aliphatic heterocycles. The summed E-state index contributed by atoms with van der Waals surface area (Å²) in [6.45, 7) is 4.00. The van der Waals surface area contributed by atoms with Gasteiger partial charge in [0.15, 0.2) is 0 Å². The van der Waals surface area contributed by atoms with Crippen molar-refractivity contribution in [1.29, 1.82) is 0 Å². The molecule has 0 bridgehead atoms. The van der Waals surface area contributed by atoms with E-state index in [4.69, 9.17) is 23.2 Å². The second-order valence-corrected chi connectivity index (χ2v) is 7.09. The molecule has 5 heteroatoms. The summed E-state index contributed by atoms with van der Waals surface area (Å²) in [5.41, 5.74) is 3.89. The van der Waals surface area contributed by atoms with Crippen LogP contribution in [0.2, 0.25) is 10.0 Å². The van der Waals surface area contributed by atoms with Crippen LogP contribution in [0.1, 0.15) is 35.4 Å². The van der Waals surface area contributed by atoms with Gasteiger partial charge in [-0.3, -0.25) is 4.79 Å². The second-order valence-electron chi connectivity index (χ2n) is 6.28. The molecule has 0 aliphatic carbocycles. The zero-order chi connectivity index (χ0) is 18.6. The van der Waals surface area contributed by atoms with Gasteiger partial charge in [0.25, 0.3) is 0 Å². The summed E-state index contributed by atoms with van der Waals surface area (Å²) in [5, 5.41) is 0.874. The Balaban J connectivity index is 2.21. The molecule has 0 spiro atoms. The summed E-state index contributed by atoms with van der Waals surface area (Å²) in [7, 11) is 1.75. The van der Waals surface area contributed by atoms with Crippen LogP contribution in [-0.2, 0) is 9.59 Å². The maximum absolute atomic E-state index is 12.7. The largest absolute Gasteiger partial charge is 0.315 e. The predicted molar refractivity (Wildman–Crippen MR) is 104 cm³/mol. The number of aryl methyl sites for hydroxylation is 2. The summed E-state index contributed by atoms with van der Waals surface area (Å²) in [4.78, 5) is 25.4. The molecule has 1 atom stereocenters. The van der Waals surface area contributed by atoms with Gasteiger partial charge in [0.05, 0.1) is 10.0 Å². The van der Waals surface area contributed by atoms with Gasteiger partial charge < -0.3 is 9.69 Å². The maximum atomic E-state index is 12.7. The molecule has 0 N–H and O–H groups in total. The lowest BCUT2D eigenvalue weighted by molar-refractivity contribution is -0.118. The zero-order valence-corrected chi connectivity index (χ0v) is 16.1. The summed E-state index contributed by atoms with van der Waals surface area (Å²) >= 11 is 12.0. The van der Waals surface area contributed by atoms with Gasteiger partial charge in [-0.1, -0.05) is 35.3 Å². The Hall–Kier alpha value is -1.84. The SMILES string of the molecule is Cc1cc(C)cc(N(C)C(=O)CC(CC=O)c2ccc(Cl)c(Cl)c2)c1. The summed E-state index contributed by atoms with van der Waals surface area (Å²) in [6.07, 6.45) is 1.31. The van der Waals surface area contributed by atoms with E-state index in [9.17, 15) is 9.59 Å². The van der Waals surface area contributed by atoms with Crippen molar-refractivity contribution in [3.05, 3.63) is 63.1 Å². The molecule has 2 aromatic rings. The lowest BCUT2D eigenvalue weighted by Gasteiger charge is -2.22. The zero-order valence-electron chi connectivity index (χ0n) is 14.6. The van der Waals surface area contributed by atoms with Gasteiger partial charge in [-0.05, 0) is 60.7 Å². The van der Waals surface area contributed by atoms with Crippen molar-refractivity contribution in [3.8, 4) is 0 Å². The van der Waals surface area contributed by atoms with E-state index < -0.39 is 0 Å². The first-order chi connectivity index (χ1) is 11.8. The van der Waals surface area contributed by atoms with Crippen molar-refractivity contribution in [2.75, 3.05) is 11.9 Å². The molecule has 0 saturated carbocycles. The van der Waals surface area contributed by atoms with Crippen LogP contribution in [0.25, 0.3) is 0 Å². The monoisotopic (exact) mass is 377 g/mol. The van der Waals surface area contributed by atoms with Crippen LogP contribution < -0.4 is 4.90 Å². The minimum atomic E-state index is -0.229. The van der Waals surface area contributed by atoms with Gasteiger partial charge in [-0.2, -0.15) is 0 Å². The van der Waals surface area contributed by atoms with E-state index in [-0.39, 0.29) is 24.7 Å². The van der Waals surface area contributed by atoms with Gasteiger partial charge in [-0.15, -0.1) is 0 Å². The first-order valence-corrected chi connectivity index (χ1v) is 8.81. The van der Waals surface area contributed by atoms with Crippen LogP contribution in [0.4, 0.5) is 5.69 Å². The Morgan fingerprint density at radius 1 is 1.08 bits per heavy atom.